The Morgan fingerprint density at radius 3 is 2.47 bits per heavy atom. The third-order valence-corrected chi connectivity index (χ3v) is 5.20. The van der Waals surface area contributed by atoms with Crippen molar-refractivity contribution in [1.29, 1.82) is 0 Å². The van der Waals surface area contributed by atoms with E-state index in [4.69, 9.17) is 25.8 Å². The molecule has 8 heteroatoms. The van der Waals surface area contributed by atoms with Gasteiger partial charge in [-0.15, -0.1) is 0 Å². The maximum atomic E-state index is 12.3. The van der Waals surface area contributed by atoms with Crippen LogP contribution in [-0.2, 0) is 6.61 Å². The zero-order chi connectivity index (χ0) is 22.9. The average Bonchev–Trinajstić information content (AvgIpc) is 2.80. The number of carbonyl (C=O) groups excluding carboxylic acids is 1. The molecule has 0 radical (unpaired) electrons. The Morgan fingerprint density at radius 1 is 1.09 bits per heavy atom. The van der Waals surface area contributed by atoms with Crippen LogP contribution in [-0.4, -0.2) is 25.8 Å². The summed E-state index contributed by atoms with van der Waals surface area (Å²) >= 11 is 9.43. The SMILES string of the molecule is CCOc1ccc(C(=O)N/N=C/c2cc(Br)c(OCc3ccc(Cl)cc3)c(OC)c2)cc1. The number of carbonyl (C=O) groups is 1. The molecule has 0 unspecified atom stereocenters. The molecule has 0 saturated carbocycles. The molecule has 0 spiro atoms. The van der Waals surface area contributed by atoms with E-state index in [1.807, 2.05) is 37.3 Å². The summed E-state index contributed by atoms with van der Waals surface area (Å²) < 4.78 is 17.5. The molecule has 0 aliphatic heterocycles. The lowest BCUT2D eigenvalue weighted by molar-refractivity contribution is 0.0955. The molecule has 6 nitrogen and oxygen atoms in total. The predicted octanol–water partition coefficient (Wildman–Crippen LogP) is 5.85. The standard InChI is InChI=1S/C24H22BrClN2O4/c1-3-31-20-10-6-18(7-11-20)24(29)28-27-14-17-12-21(25)23(22(13-17)30-2)32-15-16-4-8-19(26)9-5-16/h4-14H,3,15H2,1-2H3,(H,28,29)/b27-14+. The van der Waals surface area contributed by atoms with Crippen molar-refractivity contribution in [2.24, 2.45) is 5.10 Å². The average molecular weight is 518 g/mol. The maximum Gasteiger partial charge on any atom is 0.271 e. The fourth-order valence-corrected chi connectivity index (χ4v) is 3.49. The van der Waals surface area contributed by atoms with Crippen molar-refractivity contribution in [3.63, 3.8) is 0 Å². The van der Waals surface area contributed by atoms with Gasteiger partial charge in [0, 0.05) is 10.6 Å². The molecule has 3 aromatic rings. The van der Waals surface area contributed by atoms with Crippen molar-refractivity contribution in [3.8, 4) is 17.2 Å². The second kappa shape index (κ2) is 11.5. The molecule has 0 bridgehead atoms. The normalized spacial score (nSPS) is 10.8. The first-order valence-electron chi connectivity index (χ1n) is 9.81. The van der Waals surface area contributed by atoms with E-state index in [9.17, 15) is 4.79 Å². The molecule has 0 aliphatic rings. The number of nitrogens with one attached hydrogen (secondary N) is 1. The highest BCUT2D eigenvalue weighted by atomic mass is 79.9. The van der Waals surface area contributed by atoms with E-state index < -0.39 is 0 Å². The minimum absolute atomic E-state index is 0.321. The molecule has 1 amide bonds. The Bertz CT molecular complexity index is 1090. The predicted molar refractivity (Wildman–Crippen MR) is 129 cm³/mol. The summed E-state index contributed by atoms with van der Waals surface area (Å²) in [6.07, 6.45) is 1.53. The van der Waals surface area contributed by atoms with Gasteiger partial charge in [-0.2, -0.15) is 5.10 Å². The Hall–Kier alpha value is -3.03. The molecule has 0 heterocycles. The lowest BCUT2D eigenvalue weighted by Crippen LogP contribution is -2.17. The molecule has 32 heavy (non-hydrogen) atoms. The third-order valence-electron chi connectivity index (χ3n) is 4.36. The van der Waals surface area contributed by atoms with Gasteiger partial charge in [-0.3, -0.25) is 4.79 Å². The van der Waals surface area contributed by atoms with Gasteiger partial charge in [0.05, 0.1) is 24.4 Å². The number of hydrogen-bond donors (Lipinski definition) is 1. The summed E-state index contributed by atoms with van der Waals surface area (Å²) in [5.41, 5.74) is 4.69. The summed E-state index contributed by atoms with van der Waals surface area (Å²) in [5.74, 6) is 1.49. The lowest BCUT2D eigenvalue weighted by Gasteiger charge is -2.13. The molecular weight excluding hydrogens is 496 g/mol. The van der Waals surface area contributed by atoms with E-state index in [-0.39, 0.29) is 5.91 Å². The van der Waals surface area contributed by atoms with Gasteiger partial charge in [0.2, 0.25) is 0 Å². The summed E-state index contributed by atoms with van der Waals surface area (Å²) in [4.78, 5) is 12.3. The number of benzene rings is 3. The first kappa shape index (κ1) is 23.6. The minimum Gasteiger partial charge on any atom is -0.494 e. The molecular formula is C24H22BrClN2O4. The van der Waals surface area contributed by atoms with Gasteiger partial charge in [-0.1, -0.05) is 23.7 Å². The molecule has 0 fully saturated rings. The highest BCUT2D eigenvalue weighted by molar-refractivity contribution is 9.10. The van der Waals surface area contributed by atoms with E-state index >= 15 is 0 Å². The topological polar surface area (TPSA) is 69.2 Å². The number of ether oxygens (including phenoxy) is 3. The first-order chi connectivity index (χ1) is 15.5. The van der Waals surface area contributed by atoms with E-state index in [0.29, 0.717) is 45.5 Å². The van der Waals surface area contributed by atoms with E-state index in [1.54, 1.807) is 37.4 Å². The molecule has 3 rings (SSSR count). The van der Waals surface area contributed by atoms with Crippen LogP contribution in [0.2, 0.25) is 5.02 Å². The largest absolute Gasteiger partial charge is 0.494 e. The van der Waals surface area contributed by atoms with Gasteiger partial charge < -0.3 is 14.2 Å². The van der Waals surface area contributed by atoms with Crippen LogP contribution in [0, 0.1) is 0 Å². The van der Waals surface area contributed by atoms with Crippen molar-refractivity contribution >= 4 is 39.7 Å². The fourth-order valence-electron chi connectivity index (χ4n) is 2.79. The van der Waals surface area contributed by atoms with Crippen LogP contribution in [0.5, 0.6) is 17.2 Å². The summed E-state index contributed by atoms with van der Waals surface area (Å²) in [6, 6.07) is 17.9. The molecule has 3 aromatic carbocycles. The van der Waals surface area contributed by atoms with Gasteiger partial charge >= 0.3 is 0 Å². The molecule has 0 saturated heterocycles. The second-order valence-corrected chi connectivity index (χ2v) is 7.90. The molecule has 0 aromatic heterocycles. The van der Waals surface area contributed by atoms with Crippen LogP contribution in [0.15, 0.2) is 70.2 Å². The number of halogens is 2. The molecule has 166 valence electrons. The van der Waals surface area contributed by atoms with Gasteiger partial charge in [-0.05, 0) is 82.5 Å². The van der Waals surface area contributed by atoms with Crippen molar-refractivity contribution in [2.75, 3.05) is 13.7 Å². The van der Waals surface area contributed by atoms with E-state index in [0.717, 1.165) is 11.1 Å². The molecule has 0 atom stereocenters. The summed E-state index contributed by atoms with van der Waals surface area (Å²) in [7, 11) is 1.56. The number of rotatable bonds is 9. The van der Waals surface area contributed by atoms with Crippen LogP contribution >= 0.6 is 27.5 Å². The maximum absolute atomic E-state index is 12.3. The van der Waals surface area contributed by atoms with Crippen LogP contribution in [0.4, 0.5) is 0 Å². The fraction of sp³-hybridized carbons (Fsp3) is 0.167. The zero-order valence-corrected chi connectivity index (χ0v) is 19.9. The summed E-state index contributed by atoms with van der Waals surface area (Å²) in [5, 5.41) is 4.71. The number of methoxy groups -OCH3 is 1. The first-order valence-corrected chi connectivity index (χ1v) is 11.0. The Kier molecular flexibility index (Phi) is 8.53. The van der Waals surface area contributed by atoms with Crippen molar-refractivity contribution in [3.05, 3.63) is 86.8 Å². The monoisotopic (exact) mass is 516 g/mol. The van der Waals surface area contributed by atoms with Crippen LogP contribution < -0.4 is 19.6 Å². The quantitative estimate of drug-likeness (QED) is 0.285. The van der Waals surface area contributed by atoms with Crippen LogP contribution in [0.25, 0.3) is 0 Å². The van der Waals surface area contributed by atoms with Gasteiger partial charge in [0.15, 0.2) is 11.5 Å². The minimum atomic E-state index is -0.321. The van der Waals surface area contributed by atoms with E-state index in [1.165, 1.54) is 6.21 Å². The van der Waals surface area contributed by atoms with Crippen LogP contribution in [0.1, 0.15) is 28.4 Å². The number of nitrogens with zero attached hydrogens (tertiary/aromatic N) is 1. The van der Waals surface area contributed by atoms with Gasteiger partial charge in [0.25, 0.3) is 5.91 Å². The Morgan fingerprint density at radius 2 is 1.81 bits per heavy atom. The Balaban J connectivity index is 1.64. The van der Waals surface area contributed by atoms with E-state index in [2.05, 4.69) is 26.5 Å². The molecule has 0 aliphatic carbocycles. The molecule has 1 N–H and O–H groups in total. The summed E-state index contributed by atoms with van der Waals surface area (Å²) in [6.45, 7) is 2.83. The Labute approximate surface area is 200 Å². The van der Waals surface area contributed by atoms with Crippen molar-refractivity contribution in [1.82, 2.24) is 5.43 Å². The van der Waals surface area contributed by atoms with Crippen molar-refractivity contribution in [2.45, 2.75) is 13.5 Å². The number of hydrazone groups is 1. The number of amides is 1. The highest BCUT2D eigenvalue weighted by Crippen LogP contribution is 2.37. The van der Waals surface area contributed by atoms with Crippen molar-refractivity contribution < 1.29 is 19.0 Å². The zero-order valence-electron chi connectivity index (χ0n) is 17.6. The highest BCUT2D eigenvalue weighted by Gasteiger charge is 2.12. The smallest absolute Gasteiger partial charge is 0.271 e. The van der Waals surface area contributed by atoms with Crippen LogP contribution in [0.3, 0.4) is 0 Å². The van der Waals surface area contributed by atoms with Gasteiger partial charge in [0.1, 0.15) is 12.4 Å². The third kappa shape index (κ3) is 6.48. The lowest BCUT2D eigenvalue weighted by atomic mass is 10.2. The second-order valence-electron chi connectivity index (χ2n) is 6.61. The van der Waals surface area contributed by atoms with Gasteiger partial charge in [-0.25, -0.2) is 5.43 Å². The number of hydrogen-bond acceptors (Lipinski definition) is 5.